The van der Waals surface area contributed by atoms with Crippen LogP contribution >= 0.6 is 0 Å². The summed E-state index contributed by atoms with van der Waals surface area (Å²) in [6.45, 7) is 6.81. The van der Waals surface area contributed by atoms with E-state index in [1.54, 1.807) is 45.9 Å². The van der Waals surface area contributed by atoms with Gasteiger partial charge in [0.25, 0.3) is 0 Å². The number of hydrogen-bond acceptors (Lipinski definition) is 4. The van der Waals surface area contributed by atoms with E-state index >= 15 is 0 Å². The molecular weight excluding hydrogens is 318 g/mol. The van der Waals surface area contributed by atoms with E-state index in [1.165, 1.54) is 6.07 Å². The van der Waals surface area contributed by atoms with E-state index in [4.69, 9.17) is 0 Å². The van der Waals surface area contributed by atoms with Crippen molar-refractivity contribution in [2.75, 3.05) is 16.3 Å². The Labute approximate surface area is 136 Å². The first kappa shape index (κ1) is 19.0. The molecule has 0 heterocycles. The van der Waals surface area contributed by atoms with Crippen LogP contribution in [0.5, 0.6) is 0 Å². The van der Waals surface area contributed by atoms with Gasteiger partial charge in [0.05, 0.1) is 17.6 Å². The Kier molecular flexibility index (Phi) is 5.76. The van der Waals surface area contributed by atoms with Crippen LogP contribution in [0.15, 0.2) is 24.3 Å². The highest BCUT2D eigenvalue weighted by Crippen LogP contribution is 2.22. The van der Waals surface area contributed by atoms with Gasteiger partial charge in [0.2, 0.25) is 21.8 Å². The molecule has 128 valence electrons. The molecule has 0 saturated carbocycles. The quantitative estimate of drug-likeness (QED) is 0.755. The number of nitrogens with one attached hydrogen (secondary N) is 3. The zero-order valence-corrected chi connectivity index (χ0v) is 14.7. The molecule has 7 nitrogen and oxygen atoms in total. The lowest BCUT2D eigenvalue weighted by Crippen LogP contribution is -2.46. The minimum absolute atomic E-state index is 0.248. The van der Waals surface area contributed by atoms with Crippen LogP contribution in [-0.2, 0) is 19.6 Å². The average molecular weight is 341 g/mol. The van der Waals surface area contributed by atoms with Crippen LogP contribution < -0.4 is 15.4 Å². The molecule has 1 aromatic carbocycles. The summed E-state index contributed by atoms with van der Waals surface area (Å²) in [5.41, 5.74) is -0.0259. The lowest BCUT2D eigenvalue weighted by molar-refractivity contribution is -0.131. The number of carbonyl (C=O) groups is 2. The average Bonchev–Trinajstić information content (AvgIpc) is 2.38. The van der Waals surface area contributed by atoms with Crippen LogP contribution in [0.25, 0.3) is 0 Å². The molecule has 0 aromatic heterocycles. The molecule has 0 saturated heterocycles. The van der Waals surface area contributed by atoms with E-state index in [1.807, 2.05) is 0 Å². The number of para-hydroxylation sites is 2. The maximum Gasteiger partial charge on any atom is 0.246 e. The van der Waals surface area contributed by atoms with E-state index < -0.39 is 27.4 Å². The van der Waals surface area contributed by atoms with Gasteiger partial charge >= 0.3 is 0 Å². The Morgan fingerprint density at radius 3 is 2.09 bits per heavy atom. The van der Waals surface area contributed by atoms with Gasteiger partial charge in [0, 0.05) is 5.41 Å². The van der Waals surface area contributed by atoms with Crippen molar-refractivity contribution >= 4 is 33.2 Å². The summed E-state index contributed by atoms with van der Waals surface area (Å²) in [6, 6.07) is 5.67. The van der Waals surface area contributed by atoms with E-state index in [9.17, 15) is 18.0 Å². The van der Waals surface area contributed by atoms with Crippen LogP contribution in [0, 0.1) is 5.41 Å². The number of benzene rings is 1. The maximum atomic E-state index is 12.2. The second-order valence-corrected chi connectivity index (χ2v) is 8.10. The third-order valence-corrected chi connectivity index (χ3v) is 3.49. The van der Waals surface area contributed by atoms with Crippen molar-refractivity contribution in [1.82, 2.24) is 5.32 Å². The predicted molar refractivity (Wildman–Crippen MR) is 90.6 cm³/mol. The standard InChI is InChI=1S/C15H23N3O4S/c1-10(16-14(20)15(2,3)4)13(19)17-11-8-6-7-9-12(11)18-23(5,21)22/h6-10,18H,1-5H3,(H,16,20)(H,17,19). The highest BCUT2D eigenvalue weighted by molar-refractivity contribution is 7.92. The molecule has 0 bridgehead atoms. The molecule has 1 aromatic rings. The van der Waals surface area contributed by atoms with Crippen LogP contribution in [0.1, 0.15) is 27.7 Å². The highest BCUT2D eigenvalue weighted by atomic mass is 32.2. The van der Waals surface area contributed by atoms with Gasteiger partial charge in [-0.1, -0.05) is 32.9 Å². The van der Waals surface area contributed by atoms with Crippen molar-refractivity contribution in [2.24, 2.45) is 5.41 Å². The van der Waals surface area contributed by atoms with Crippen LogP contribution in [0.2, 0.25) is 0 Å². The van der Waals surface area contributed by atoms with Gasteiger partial charge in [0.1, 0.15) is 6.04 Å². The summed E-state index contributed by atoms with van der Waals surface area (Å²) in [5.74, 6) is -0.687. The molecule has 3 N–H and O–H groups in total. The first-order valence-corrected chi connectivity index (χ1v) is 8.98. The number of rotatable bonds is 5. The fraction of sp³-hybridized carbons (Fsp3) is 0.467. The first-order chi connectivity index (χ1) is 10.4. The Hall–Kier alpha value is -2.09. The van der Waals surface area contributed by atoms with Gasteiger partial charge in [-0.05, 0) is 19.1 Å². The van der Waals surface area contributed by atoms with Crippen LogP contribution in [-0.4, -0.2) is 32.5 Å². The van der Waals surface area contributed by atoms with Crippen LogP contribution in [0.3, 0.4) is 0 Å². The van der Waals surface area contributed by atoms with Gasteiger partial charge < -0.3 is 10.6 Å². The molecule has 1 rings (SSSR count). The van der Waals surface area contributed by atoms with Crippen molar-refractivity contribution in [3.63, 3.8) is 0 Å². The number of anilines is 2. The minimum Gasteiger partial charge on any atom is -0.344 e. The minimum atomic E-state index is -3.47. The molecule has 0 spiro atoms. The van der Waals surface area contributed by atoms with Crippen LogP contribution in [0.4, 0.5) is 11.4 Å². The largest absolute Gasteiger partial charge is 0.344 e. The van der Waals surface area contributed by atoms with E-state index in [-0.39, 0.29) is 11.6 Å². The third-order valence-electron chi connectivity index (χ3n) is 2.90. The van der Waals surface area contributed by atoms with E-state index in [2.05, 4.69) is 15.4 Å². The zero-order valence-electron chi connectivity index (χ0n) is 13.9. The summed E-state index contributed by atoms with van der Waals surface area (Å²) in [5, 5.41) is 5.23. The topological polar surface area (TPSA) is 104 Å². The summed E-state index contributed by atoms with van der Waals surface area (Å²) in [4.78, 5) is 24.1. The van der Waals surface area contributed by atoms with Crippen molar-refractivity contribution in [3.8, 4) is 0 Å². The smallest absolute Gasteiger partial charge is 0.246 e. The maximum absolute atomic E-state index is 12.2. The Balaban J connectivity index is 2.84. The monoisotopic (exact) mass is 341 g/mol. The number of sulfonamides is 1. The Bertz CT molecular complexity index is 693. The second kappa shape index (κ2) is 6.99. The summed E-state index contributed by atoms with van der Waals surface area (Å²) < 4.78 is 25.0. The Morgan fingerprint density at radius 2 is 1.61 bits per heavy atom. The Morgan fingerprint density at radius 1 is 1.09 bits per heavy atom. The first-order valence-electron chi connectivity index (χ1n) is 7.09. The second-order valence-electron chi connectivity index (χ2n) is 6.35. The zero-order chi connectivity index (χ0) is 17.8. The third kappa shape index (κ3) is 6.27. The molecule has 0 aliphatic carbocycles. The van der Waals surface area contributed by atoms with E-state index in [0.717, 1.165) is 6.26 Å². The molecule has 0 aliphatic rings. The fourth-order valence-corrected chi connectivity index (χ4v) is 2.18. The lowest BCUT2D eigenvalue weighted by Gasteiger charge is -2.22. The molecule has 8 heteroatoms. The van der Waals surface area contributed by atoms with Crippen molar-refractivity contribution in [3.05, 3.63) is 24.3 Å². The van der Waals surface area contributed by atoms with Gasteiger partial charge in [0.15, 0.2) is 0 Å². The number of carbonyl (C=O) groups excluding carboxylic acids is 2. The molecule has 0 aliphatic heterocycles. The molecular formula is C15H23N3O4S. The highest BCUT2D eigenvalue weighted by Gasteiger charge is 2.25. The molecule has 2 amide bonds. The van der Waals surface area contributed by atoms with Crippen molar-refractivity contribution in [2.45, 2.75) is 33.7 Å². The van der Waals surface area contributed by atoms with Gasteiger partial charge in [-0.25, -0.2) is 8.42 Å². The van der Waals surface area contributed by atoms with Gasteiger partial charge in [-0.15, -0.1) is 0 Å². The summed E-state index contributed by atoms with van der Waals surface area (Å²) >= 11 is 0. The molecule has 23 heavy (non-hydrogen) atoms. The molecule has 1 atom stereocenters. The van der Waals surface area contributed by atoms with Crippen molar-refractivity contribution < 1.29 is 18.0 Å². The summed E-state index contributed by atoms with van der Waals surface area (Å²) in [7, 11) is -3.47. The summed E-state index contributed by atoms with van der Waals surface area (Å²) in [6.07, 6.45) is 1.03. The fourth-order valence-electron chi connectivity index (χ4n) is 1.60. The normalized spacial score (nSPS) is 13.1. The number of hydrogen-bond donors (Lipinski definition) is 3. The van der Waals surface area contributed by atoms with Gasteiger partial charge in [-0.3, -0.25) is 14.3 Å². The van der Waals surface area contributed by atoms with Gasteiger partial charge in [-0.2, -0.15) is 0 Å². The molecule has 1 unspecified atom stereocenters. The molecule has 0 fully saturated rings. The SMILES string of the molecule is CC(NC(=O)C(C)(C)C)C(=O)Nc1ccccc1NS(C)(=O)=O. The number of amides is 2. The van der Waals surface area contributed by atoms with E-state index in [0.29, 0.717) is 5.69 Å². The lowest BCUT2D eigenvalue weighted by atomic mass is 9.95. The van der Waals surface area contributed by atoms with Crippen molar-refractivity contribution in [1.29, 1.82) is 0 Å². The molecule has 0 radical (unpaired) electrons. The predicted octanol–water partition coefficient (Wildman–Crippen LogP) is 1.55.